The van der Waals surface area contributed by atoms with E-state index in [2.05, 4.69) is 36.2 Å². The molecule has 1 aromatic heterocycles. The fraction of sp³-hybridized carbons (Fsp3) is 0.429. The second kappa shape index (κ2) is 5.40. The summed E-state index contributed by atoms with van der Waals surface area (Å²) in [6.07, 6.45) is 1.71. The molecular formula is C14H20N4O. The minimum Gasteiger partial charge on any atom is -0.508 e. The zero-order chi connectivity index (χ0) is 13.9. The quantitative estimate of drug-likeness (QED) is 0.881. The van der Waals surface area contributed by atoms with Crippen LogP contribution in [0.2, 0.25) is 0 Å². The molecule has 19 heavy (non-hydrogen) atoms. The minimum absolute atomic E-state index is 0.0523. The van der Waals surface area contributed by atoms with Crippen LogP contribution < -0.4 is 5.32 Å². The van der Waals surface area contributed by atoms with Crippen molar-refractivity contribution >= 4 is 0 Å². The van der Waals surface area contributed by atoms with Gasteiger partial charge in [0, 0.05) is 5.54 Å². The van der Waals surface area contributed by atoms with Crippen molar-refractivity contribution in [1.82, 2.24) is 20.1 Å². The largest absolute Gasteiger partial charge is 0.508 e. The van der Waals surface area contributed by atoms with Gasteiger partial charge >= 0.3 is 0 Å². The molecule has 0 unspecified atom stereocenters. The first-order valence-electron chi connectivity index (χ1n) is 6.34. The van der Waals surface area contributed by atoms with E-state index in [1.165, 1.54) is 0 Å². The van der Waals surface area contributed by atoms with Gasteiger partial charge in [0.15, 0.2) is 5.82 Å². The summed E-state index contributed by atoms with van der Waals surface area (Å²) in [5.41, 5.74) is 1.05. The fourth-order valence-electron chi connectivity index (χ4n) is 1.68. The van der Waals surface area contributed by atoms with Crippen molar-refractivity contribution in [2.75, 3.05) is 0 Å². The Kier molecular flexibility index (Phi) is 3.85. The molecule has 0 fully saturated rings. The lowest BCUT2D eigenvalue weighted by Gasteiger charge is -2.19. The van der Waals surface area contributed by atoms with Crippen LogP contribution in [-0.4, -0.2) is 25.4 Å². The molecule has 0 aliphatic heterocycles. The summed E-state index contributed by atoms with van der Waals surface area (Å²) >= 11 is 0. The van der Waals surface area contributed by atoms with Crippen molar-refractivity contribution in [3.05, 3.63) is 42.0 Å². The highest BCUT2D eigenvalue weighted by atomic mass is 16.3. The van der Waals surface area contributed by atoms with E-state index >= 15 is 0 Å². The Labute approximate surface area is 113 Å². The van der Waals surface area contributed by atoms with Crippen LogP contribution in [0, 0.1) is 0 Å². The highest BCUT2D eigenvalue weighted by molar-refractivity contribution is 5.27. The van der Waals surface area contributed by atoms with Gasteiger partial charge in [-0.25, -0.2) is 9.67 Å². The zero-order valence-corrected chi connectivity index (χ0v) is 11.6. The molecule has 2 rings (SSSR count). The van der Waals surface area contributed by atoms with Gasteiger partial charge in [0.1, 0.15) is 12.1 Å². The molecule has 0 aliphatic rings. The monoisotopic (exact) mass is 260 g/mol. The third-order valence-electron chi connectivity index (χ3n) is 2.62. The summed E-state index contributed by atoms with van der Waals surface area (Å²) < 4.78 is 1.77. The highest BCUT2D eigenvalue weighted by Crippen LogP contribution is 2.11. The topological polar surface area (TPSA) is 63.0 Å². The maximum atomic E-state index is 9.41. The van der Waals surface area contributed by atoms with Gasteiger partial charge in [-0.15, -0.1) is 0 Å². The van der Waals surface area contributed by atoms with Gasteiger partial charge in [0.05, 0.1) is 13.1 Å². The van der Waals surface area contributed by atoms with Crippen molar-refractivity contribution in [1.29, 1.82) is 0 Å². The molecule has 0 saturated carbocycles. The number of aromatic nitrogens is 3. The van der Waals surface area contributed by atoms with E-state index in [-0.39, 0.29) is 11.3 Å². The average molecular weight is 260 g/mol. The van der Waals surface area contributed by atoms with Gasteiger partial charge < -0.3 is 10.4 Å². The standard InChI is InChI=1S/C14H20N4O/c1-14(2,3)16-8-13-15-10-18(17-13)9-11-5-4-6-12(19)7-11/h4-7,10,16,19H,8-9H2,1-3H3. The second-order valence-electron chi connectivity index (χ2n) is 5.63. The van der Waals surface area contributed by atoms with Crippen LogP contribution in [0.25, 0.3) is 0 Å². The van der Waals surface area contributed by atoms with Crippen molar-refractivity contribution < 1.29 is 5.11 Å². The lowest BCUT2D eigenvalue weighted by Crippen LogP contribution is -2.35. The van der Waals surface area contributed by atoms with Gasteiger partial charge in [-0.2, -0.15) is 5.10 Å². The van der Waals surface area contributed by atoms with Gasteiger partial charge in [0.2, 0.25) is 0 Å². The van der Waals surface area contributed by atoms with Gasteiger partial charge in [-0.1, -0.05) is 12.1 Å². The van der Waals surface area contributed by atoms with E-state index in [0.717, 1.165) is 11.4 Å². The first-order chi connectivity index (χ1) is 8.92. The van der Waals surface area contributed by atoms with E-state index in [9.17, 15) is 5.11 Å². The van der Waals surface area contributed by atoms with Crippen molar-refractivity contribution in [3.8, 4) is 5.75 Å². The Morgan fingerprint density at radius 2 is 2.11 bits per heavy atom. The van der Waals surface area contributed by atoms with Crippen LogP contribution >= 0.6 is 0 Å². The molecular weight excluding hydrogens is 240 g/mol. The van der Waals surface area contributed by atoms with Crippen LogP contribution in [0.15, 0.2) is 30.6 Å². The number of nitrogens with zero attached hydrogens (tertiary/aromatic N) is 3. The summed E-state index contributed by atoms with van der Waals surface area (Å²) in [7, 11) is 0. The maximum absolute atomic E-state index is 9.41. The van der Waals surface area contributed by atoms with Crippen molar-refractivity contribution in [2.45, 2.75) is 39.4 Å². The van der Waals surface area contributed by atoms with E-state index < -0.39 is 0 Å². The van der Waals surface area contributed by atoms with E-state index in [0.29, 0.717) is 13.1 Å². The van der Waals surface area contributed by atoms with Gasteiger partial charge in [0.25, 0.3) is 0 Å². The number of benzene rings is 1. The Morgan fingerprint density at radius 1 is 1.32 bits per heavy atom. The molecule has 5 heteroatoms. The molecule has 1 heterocycles. The number of phenols is 1. The molecule has 2 aromatic rings. The van der Waals surface area contributed by atoms with Crippen LogP contribution in [-0.2, 0) is 13.1 Å². The molecule has 0 saturated heterocycles. The number of hydrogen-bond acceptors (Lipinski definition) is 4. The molecule has 2 N–H and O–H groups in total. The second-order valence-corrected chi connectivity index (χ2v) is 5.63. The van der Waals surface area contributed by atoms with Crippen molar-refractivity contribution in [3.63, 3.8) is 0 Å². The van der Waals surface area contributed by atoms with E-state index in [4.69, 9.17) is 0 Å². The van der Waals surface area contributed by atoms with Gasteiger partial charge in [-0.05, 0) is 38.5 Å². The average Bonchev–Trinajstić information content (AvgIpc) is 2.73. The molecule has 0 aliphatic carbocycles. The minimum atomic E-state index is 0.0523. The Balaban J connectivity index is 1.97. The predicted molar refractivity (Wildman–Crippen MR) is 73.8 cm³/mol. The zero-order valence-electron chi connectivity index (χ0n) is 11.6. The number of hydrogen-bond donors (Lipinski definition) is 2. The van der Waals surface area contributed by atoms with Crippen LogP contribution in [0.3, 0.4) is 0 Å². The number of nitrogens with one attached hydrogen (secondary N) is 1. The summed E-state index contributed by atoms with van der Waals surface area (Å²) in [6.45, 7) is 7.58. The molecule has 0 bridgehead atoms. The third-order valence-corrected chi connectivity index (χ3v) is 2.62. The Hall–Kier alpha value is -1.88. The lowest BCUT2D eigenvalue weighted by molar-refractivity contribution is 0.417. The molecule has 0 atom stereocenters. The maximum Gasteiger partial charge on any atom is 0.164 e. The Morgan fingerprint density at radius 3 is 2.79 bits per heavy atom. The lowest BCUT2D eigenvalue weighted by atomic mass is 10.1. The SMILES string of the molecule is CC(C)(C)NCc1ncn(Cc2cccc(O)c2)n1. The highest BCUT2D eigenvalue weighted by Gasteiger charge is 2.10. The number of aromatic hydroxyl groups is 1. The normalized spacial score (nSPS) is 11.7. The van der Waals surface area contributed by atoms with E-state index in [1.807, 2.05) is 12.1 Å². The summed E-state index contributed by atoms with van der Waals surface area (Å²) in [4.78, 5) is 4.26. The van der Waals surface area contributed by atoms with Gasteiger partial charge in [-0.3, -0.25) is 0 Å². The fourth-order valence-corrected chi connectivity index (χ4v) is 1.68. The summed E-state index contributed by atoms with van der Waals surface area (Å²) in [5, 5.41) is 17.2. The summed E-state index contributed by atoms with van der Waals surface area (Å²) in [6, 6.07) is 7.16. The molecule has 102 valence electrons. The van der Waals surface area contributed by atoms with Crippen LogP contribution in [0.4, 0.5) is 0 Å². The first-order valence-corrected chi connectivity index (χ1v) is 6.34. The Bertz CT molecular complexity index is 542. The molecule has 1 aromatic carbocycles. The van der Waals surface area contributed by atoms with Crippen molar-refractivity contribution in [2.24, 2.45) is 0 Å². The first kappa shape index (κ1) is 13.5. The molecule has 0 amide bonds. The van der Waals surface area contributed by atoms with Crippen LogP contribution in [0.1, 0.15) is 32.2 Å². The number of phenolic OH excluding ortho intramolecular Hbond substituents is 1. The molecule has 5 nitrogen and oxygen atoms in total. The summed E-state index contributed by atoms with van der Waals surface area (Å²) in [5.74, 6) is 1.04. The molecule has 0 radical (unpaired) electrons. The molecule has 0 spiro atoms. The van der Waals surface area contributed by atoms with E-state index in [1.54, 1.807) is 23.1 Å². The smallest absolute Gasteiger partial charge is 0.164 e. The van der Waals surface area contributed by atoms with Crippen LogP contribution in [0.5, 0.6) is 5.75 Å². The third kappa shape index (κ3) is 4.37. The number of rotatable bonds is 4. The predicted octanol–water partition coefficient (Wildman–Crippen LogP) is 1.92.